The third-order valence-electron chi connectivity index (χ3n) is 3.85. The molecule has 1 N–H and O–H groups in total. The van der Waals surface area contributed by atoms with Crippen molar-refractivity contribution >= 4 is 5.69 Å². The van der Waals surface area contributed by atoms with Gasteiger partial charge in [-0.2, -0.15) is 0 Å². The van der Waals surface area contributed by atoms with Crippen LogP contribution in [0.1, 0.15) is 24.1 Å². The molecule has 0 bridgehead atoms. The van der Waals surface area contributed by atoms with Crippen molar-refractivity contribution in [1.82, 2.24) is 0 Å². The molecule has 3 rings (SSSR count). The number of para-hydroxylation sites is 1. The molecule has 0 spiro atoms. The number of hydrogen-bond donors (Lipinski definition) is 1. The number of benzene rings is 3. The molecule has 0 aliphatic carbocycles. The second-order valence-electron chi connectivity index (χ2n) is 5.69. The number of halogens is 1. The molecule has 0 aliphatic rings. The van der Waals surface area contributed by atoms with E-state index in [1.165, 1.54) is 12.1 Å². The number of rotatable bonds is 6. The fourth-order valence-electron chi connectivity index (χ4n) is 2.58. The smallest absolute Gasteiger partial charge is 0.125 e. The molecule has 2 nitrogen and oxygen atoms in total. The van der Waals surface area contributed by atoms with E-state index in [2.05, 4.69) is 12.2 Å². The van der Waals surface area contributed by atoms with Gasteiger partial charge in [-0.05, 0) is 42.8 Å². The highest BCUT2D eigenvalue weighted by molar-refractivity contribution is 5.47. The molecule has 122 valence electrons. The van der Waals surface area contributed by atoms with Crippen molar-refractivity contribution in [2.24, 2.45) is 0 Å². The van der Waals surface area contributed by atoms with Gasteiger partial charge in [0.05, 0.1) is 6.04 Å². The third kappa shape index (κ3) is 4.13. The molecule has 0 saturated carbocycles. The van der Waals surface area contributed by atoms with Crippen LogP contribution in [0.3, 0.4) is 0 Å². The standard InChI is InChI=1S/C21H20FNO/c1-16(23-19-13-11-18(22)12-14-19)20-9-5-6-10-21(20)24-15-17-7-3-2-4-8-17/h2-14,16,23H,15H2,1H3. The van der Waals surface area contributed by atoms with E-state index in [9.17, 15) is 4.39 Å². The molecule has 0 aromatic heterocycles. The van der Waals surface area contributed by atoms with Crippen LogP contribution in [0.5, 0.6) is 5.75 Å². The maximum absolute atomic E-state index is 13.0. The summed E-state index contributed by atoms with van der Waals surface area (Å²) in [6.45, 7) is 2.59. The summed E-state index contributed by atoms with van der Waals surface area (Å²) in [7, 11) is 0. The summed E-state index contributed by atoms with van der Waals surface area (Å²) in [5.74, 6) is 0.614. The molecular weight excluding hydrogens is 301 g/mol. The first kappa shape index (κ1) is 16.1. The Bertz CT molecular complexity index is 771. The monoisotopic (exact) mass is 321 g/mol. The van der Waals surface area contributed by atoms with Crippen LogP contribution < -0.4 is 10.1 Å². The summed E-state index contributed by atoms with van der Waals surface area (Å²) in [5.41, 5.74) is 3.07. The third-order valence-corrected chi connectivity index (χ3v) is 3.85. The van der Waals surface area contributed by atoms with Crippen LogP contribution in [-0.4, -0.2) is 0 Å². The average molecular weight is 321 g/mol. The molecular formula is C21H20FNO. The quantitative estimate of drug-likeness (QED) is 0.640. The SMILES string of the molecule is CC(Nc1ccc(F)cc1)c1ccccc1OCc1ccccc1. The van der Waals surface area contributed by atoms with Gasteiger partial charge < -0.3 is 10.1 Å². The summed E-state index contributed by atoms with van der Waals surface area (Å²) in [5, 5.41) is 3.38. The zero-order valence-corrected chi connectivity index (χ0v) is 13.6. The van der Waals surface area contributed by atoms with E-state index < -0.39 is 0 Å². The zero-order chi connectivity index (χ0) is 16.8. The molecule has 0 aliphatic heterocycles. The summed E-state index contributed by atoms with van der Waals surface area (Å²) >= 11 is 0. The highest BCUT2D eigenvalue weighted by atomic mass is 19.1. The van der Waals surface area contributed by atoms with Crippen LogP contribution in [0, 0.1) is 5.82 Å². The predicted octanol–water partition coefficient (Wildman–Crippen LogP) is 5.58. The van der Waals surface area contributed by atoms with Crippen LogP contribution in [0.2, 0.25) is 0 Å². The Morgan fingerprint density at radius 1 is 0.875 bits per heavy atom. The molecule has 0 radical (unpaired) electrons. The van der Waals surface area contributed by atoms with Crippen LogP contribution in [-0.2, 0) is 6.61 Å². The predicted molar refractivity (Wildman–Crippen MR) is 95.7 cm³/mol. The molecule has 0 amide bonds. The van der Waals surface area contributed by atoms with Gasteiger partial charge >= 0.3 is 0 Å². The van der Waals surface area contributed by atoms with Crippen LogP contribution in [0.4, 0.5) is 10.1 Å². The van der Waals surface area contributed by atoms with Gasteiger partial charge in [-0.1, -0.05) is 48.5 Å². The number of ether oxygens (including phenoxy) is 1. The van der Waals surface area contributed by atoms with Crippen LogP contribution >= 0.6 is 0 Å². The second-order valence-corrected chi connectivity index (χ2v) is 5.69. The van der Waals surface area contributed by atoms with Crippen molar-refractivity contribution in [3.05, 3.63) is 95.8 Å². The lowest BCUT2D eigenvalue weighted by atomic mass is 10.1. The van der Waals surface area contributed by atoms with Gasteiger partial charge in [0.2, 0.25) is 0 Å². The lowest BCUT2D eigenvalue weighted by molar-refractivity contribution is 0.302. The van der Waals surface area contributed by atoms with Crippen molar-refractivity contribution < 1.29 is 9.13 Å². The van der Waals surface area contributed by atoms with E-state index >= 15 is 0 Å². The topological polar surface area (TPSA) is 21.3 Å². The number of hydrogen-bond acceptors (Lipinski definition) is 2. The lowest BCUT2D eigenvalue weighted by Gasteiger charge is -2.19. The lowest BCUT2D eigenvalue weighted by Crippen LogP contribution is -2.09. The Labute approximate surface area is 141 Å². The molecule has 1 atom stereocenters. The summed E-state index contributed by atoms with van der Waals surface area (Å²) in [4.78, 5) is 0. The first-order valence-electron chi connectivity index (χ1n) is 8.00. The summed E-state index contributed by atoms with van der Waals surface area (Å²) in [6, 6.07) is 24.5. The van der Waals surface area contributed by atoms with Crippen molar-refractivity contribution in [1.29, 1.82) is 0 Å². The second kappa shape index (κ2) is 7.64. The van der Waals surface area contributed by atoms with Gasteiger partial charge in [0.15, 0.2) is 0 Å². The molecule has 3 heteroatoms. The van der Waals surface area contributed by atoms with Crippen LogP contribution in [0.15, 0.2) is 78.9 Å². The minimum atomic E-state index is -0.236. The molecule has 0 saturated heterocycles. The number of anilines is 1. The Morgan fingerprint density at radius 3 is 2.29 bits per heavy atom. The van der Waals surface area contributed by atoms with E-state index in [4.69, 9.17) is 4.74 Å². The number of nitrogens with one attached hydrogen (secondary N) is 1. The largest absolute Gasteiger partial charge is 0.489 e. The fourth-order valence-corrected chi connectivity index (χ4v) is 2.58. The van der Waals surface area contributed by atoms with E-state index in [0.29, 0.717) is 6.61 Å². The van der Waals surface area contributed by atoms with Crippen molar-refractivity contribution in [2.45, 2.75) is 19.6 Å². The molecule has 3 aromatic rings. The molecule has 24 heavy (non-hydrogen) atoms. The highest BCUT2D eigenvalue weighted by Gasteiger charge is 2.11. The first-order valence-corrected chi connectivity index (χ1v) is 8.00. The first-order chi connectivity index (χ1) is 11.7. The minimum Gasteiger partial charge on any atom is -0.489 e. The Kier molecular flexibility index (Phi) is 5.12. The molecule has 1 unspecified atom stereocenters. The minimum absolute atomic E-state index is 0.0439. The maximum atomic E-state index is 13.0. The fraction of sp³-hybridized carbons (Fsp3) is 0.143. The summed E-state index contributed by atoms with van der Waals surface area (Å²) in [6.07, 6.45) is 0. The van der Waals surface area contributed by atoms with Crippen molar-refractivity contribution in [3.8, 4) is 5.75 Å². The Balaban J connectivity index is 1.71. The van der Waals surface area contributed by atoms with E-state index in [-0.39, 0.29) is 11.9 Å². The van der Waals surface area contributed by atoms with E-state index in [1.54, 1.807) is 12.1 Å². The van der Waals surface area contributed by atoms with Gasteiger partial charge in [0.1, 0.15) is 18.2 Å². The van der Waals surface area contributed by atoms with Crippen LogP contribution in [0.25, 0.3) is 0 Å². The normalized spacial score (nSPS) is 11.8. The molecule has 3 aromatic carbocycles. The van der Waals surface area contributed by atoms with Gasteiger partial charge in [0, 0.05) is 11.3 Å². The van der Waals surface area contributed by atoms with Gasteiger partial charge in [-0.3, -0.25) is 0 Å². The van der Waals surface area contributed by atoms with Crippen molar-refractivity contribution in [2.75, 3.05) is 5.32 Å². The van der Waals surface area contributed by atoms with Gasteiger partial charge in [-0.25, -0.2) is 4.39 Å². The van der Waals surface area contributed by atoms with Crippen molar-refractivity contribution in [3.63, 3.8) is 0 Å². The zero-order valence-electron chi connectivity index (χ0n) is 13.6. The van der Waals surface area contributed by atoms with E-state index in [1.807, 2.05) is 54.6 Å². The molecule has 0 fully saturated rings. The maximum Gasteiger partial charge on any atom is 0.125 e. The Hall–Kier alpha value is -2.81. The average Bonchev–Trinajstić information content (AvgIpc) is 2.63. The summed E-state index contributed by atoms with van der Waals surface area (Å²) < 4.78 is 19.0. The molecule has 0 heterocycles. The van der Waals surface area contributed by atoms with Gasteiger partial charge in [-0.15, -0.1) is 0 Å². The van der Waals surface area contributed by atoms with E-state index in [0.717, 1.165) is 22.6 Å². The highest BCUT2D eigenvalue weighted by Crippen LogP contribution is 2.28. The van der Waals surface area contributed by atoms with Gasteiger partial charge in [0.25, 0.3) is 0 Å². The Morgan fingerprint density at radius 2 is 1.54 bits per heavy atom.